The van der Waals surface area contributed by atoms with E-state index >= 15 is 0 Å². The van der Waals surface area contributed by atoms with Gasteiger partial charge in [0, 0.05) is 29.8 Å². The Hall–Kier alpha value is -4.11. The number of hydrogen-bond donors (Lipinski definition) is 0. The van der Waals surface area contributed by atoms with Crippen molar-refractivity contribution in [2.24, 2.45) is 0 Å². The van der Waals surface area contributed by atoms with Gasteiger partial charge in [-0.3, -0.25) is 0 Å². The van der Waals surface area contributed by atoms with E-state index in [9.17, 15) is 10.5 Å². The summed E-state index contributed by atoms with van der Waals surface area (Å²) in [6, 6.07) is 45.7. The van der Waals surface area contributed by atoms with Crippen LogP contribution in [0.2, 0.25) is 0 Å². The van der Waals surface area contributed by atoms with E-state index in [1.807, 2.05) is 50.3 Å². The molecule has 0 amide bonds. The molecular formula is C38H39BN2O3S. The Labute approximate surface area is 272 Å². The predicted octanol–water partition coefficient (Wildman–Crippen LogP) is 9.25. The third-order valence-electron chi connectivity index (χ3n) is 7.70. The Morgan fingerprint density at radius 2 is 0.956 bits per heavy atom. The van der Waals surface area contributed by atoms with E-state index in [-0.39, 0.29) is 29.6 Å². The van der Waals surface area contributed by atoms with Crippen molar-refractivity contribution >= 4 is 19.4 Å². The molecule has 0 saturated carbocycles. The van der Waals surface area contributed by atoms with Crippen LogP contribution in [0.1, 0.15) is 67.7 Å². The van der Waals surface area contributed by atoms with E-state index in [1.165, 1.54) is 22.3 Å². The van der Waals surface area contributed by atoms with Crippen LogP contribution in [0.5, 0.6) is 0 Å². The van der Waals surface area contributed by atoms with Gasteiger partial charge in [0.15, 0.2) is 0 Å². The minimum absolute atomic E-state index is 0.0911. The first-order chi connectivity index (χ1) is 22.0. The highest BCUT2D eigenvalue weighted by Crippen LogP contribution is 2.32. The number of rotatable bonds is 16. The van der Waals surface area contributed by atoms with Gasteiger partial charge in [0.2, 0.25) is 0 Å². The van der Waals surface area contributed by atoms with E-state index in [4.69, 9.17) is 13.4 Å². The first kappa shape index (κ1) is 33.8. The maximum absolute atomic E-state index is 9.26. The van der Waals surface area contributed by atoms with Crippen molar-refractivity contribution in [3.05, 3.63) is 155 Å². The molecule has 228 valence electrons. The number of hydrogen-bond acceptors (Lipinski definition) is 6. The van der Waals surface area contributed by atoms with E-state index in [1.54, 1.807) is 6.92 Å². The molecule has 0 heterocycles. The van der Waals surface area contributed by atoms with E-state index in [2.05, 4.69) is 97.1 Å². The minimum atomic E-state index is -0.959. The normalized spacial score (nSPS) is 12.2. The zero-order valence-corrected chi connectivity index (χ0v) is 26.9. The van der Waals surface area contributed by atoms with Gasteiger partial charge in [-0.15, -0.1) is 0 Å². The molecule has 7 heteroatoms. The second-order valence-electron chi connectivity index (χ2n) is 11.1. The Morgan fingerprint density at radius 3 is 1.27 bits per heavy atom. The van der Waals surface area contributed by atoms with Crippen molar-refractivity contribution in [1.29, 1.82) is 10.5 Å². The molecule has 0 aliphatic rings. The molecule has 0 aliphatic heterocycles. The smallest absolute Gasteiger partial charge is 0.383 e. The van der Waals surface area contributed by atoms with E-state index < -0.39 is 7.32 Å². The second-order valence-corrected chi connectivity index (χ2v) is 11.9. The van der Waals surface area contributed by atoms with Gasteiger partial charge in [-0.2, -0.15) is 10.5 Å². The lowest BCUT2D eigenvalue weighted by molar-refractivity contribution is 0.0679. The summed E-state index contributed by atoms with van der Waals surface area (Å²) >= 11 is 1.13. The molecule has 0 radical (unpaired) electrons. The maximum Gasteiger partial charge on any atom is 0.651 e. The third kappa shape index (κ3) is 10.5. The lowest BCUT2D eigenvalue weighted by Gasteiger charge is -2.27. The highest BCUT2D eigenvalue weighted by molar-refractivity contribution is 7.95. The average Bonchev–Trinajstić information content (AvgIpc) is 3.08. The van der Waals surface area contributed by atoms with Crippen LogP contribution in [0, 0.1) is 22.7 Å². The molecule has 4 aromatic rings. The van der Waals surface area contributed by atoms with Crippen molar-refractivity contribution in [3.8, 4) is 12.1 Å². The van der Waals surface area contributed by atoms with Crippen LogP contribution in [0.25, 0.3) is 0 Å². The molecule has 5 nitrogen and oxygen atoms in total. The van der Waals surface area contributed by atoms with Crippen LogP contribution < -0.4 is 0 Å². The van der Waals surface area contributed by atoms with Crippen molar-refractivity contribution in [2.45, 2.75) is 57.7 Å². The van der Waals surface area contributed by atoms with Gasteiger partial charge in [0.25, 0.3) is 0 Å². The fourth-order valence-corrected chi connectivity index (χ4v) is 5.96. The standard InChI is InChI=1S/C38H39BN2O3S/c1-29(36(26-40)27-41)28-45-44-39(42-30(2)24-37(32-16-8-4-9-17-32)33-18-10-5-11-19-33)43-31(3)25-38(34-20-12-6-13-21-34)35-22-14-7-15-23-35/h4-23,30-31,37-38H,24-25,28H2,1-3H3. The Kier molecular flexibility index (Phi) is 13.5. The van der Waals surface area contributed by atoms with Crippen LogP contribution >= 0.6 is 12.0 Å². The number of nitrogens with zero attached hydrogens (tertiary/aromatic N) is 2. The fourth-order valence-electron chi connectivity index (χ4n) is 5.37. The molecule has 0 N–H and O–H groups in total. The summed E-state index contributed by atoms with van der Waals surface area (Å²) in [5, 5.41) is 18.5. The number of allylic oxidation sites excluding steroid dienone is 1. The summed E-state index contributed by atoms with van der Waals surface area (Å²) in [7, 11) is -0.959. The second kappa shape index (κ2) is 18.0. The fraction of sp³-hybridized carbons (Fsp3) is 0.263. The van der Waals surface area contributed by atoms with E-state index in [0.29, 0.717) is 11.3 Å². The Bertz CT molecular complexity index is 1370. The largest absolute Gasteiger partial charge is 0.651 e. The van der Waals surface area contributed by atoms with Gasteiger partial charge in [0.1, 0.15) is 17.7 Å². The van der Waals surface area contributed by atoms with Crippen LogP contribution in [-0.2, 0) is 13.4 Å². The highest BCUT2D eigenvalue weighted by Gasteiger charge is 2.31. The average molecular weight is 615 g/mol. The van der Waals surface area contributed by atoms with Gasteiger partial charge in [-0.25, -0.2) is 0 Å². The molecule has 0 spiro atoms. The van der Waals surface area contributed by atoms with Crippen LogP contribution in [0.4, 0.5) is 0 Å². The summed E-state index contributed by atoms with van der Waals surface area (Å²) in [5.41, 5.74) is 5.61. The third-order valence-corrected chi connectivity index (χ3v) is 8.55. The quantitative estimate of drug-likeness (QED) is 0.0712. The van der Waals surface area contributed by atoms with Gasteiger partial charge in [0.05, 0.1) is 0 Å². The van der Waals surface area contributed by atoms with E-state index in [0.717, 1.165) is 24.9 Å². The van der Waals surface area contributed by atoms with Crippen molar-refractivity contribution in [3.63, 3.8) is 0 Å². The zero-order valence-electron chi connectivity index (χ0n) is 26.1. The monoisotopic (exact) mass is 614 g/mol. The summed E-state index contributed by atoms with van der Waals surface area (Å²) in [4.78, 5) is 0. The number of benzene rings is 4. The number of nitriles is 2. The van der Waals surface area contributed by atoms with Gasteiger partial charge in [-0.1, -0.05) is 121 Å². The summed E-state index contributed by atoms with van der Waals surface area (Å²) in [6.07, 6.45) is 1.02. The molecule has 45 heavy (non-hydrogen) atoms. The lowest BCUT2D eigenvalue weighted by atomic mass is 9.86. The van der Waals surface area contributed by atoms with Crippen LogP contribution in [0.3, 0.4) is 0 Å². The van der Waals surface area contributed by atoms with Crippen molar-refractivity contribution in [1.82, 2.24) is 0 Å². The van der Waals surface area contributed by atoms with Gasteiger partial charge >= 0.3 is 7.32 Å². The van der Waals surface area contributed by atoms with Crippen molar-refractivity contribution < 1.29 is 13.4 Å². The Balaban J connectivity index is 1.51. The summed E-state index contributed by atoms with van der Waals surface area (Å²) < 4.78 is 19.0. The topological polar surface area (TPSA) is 75.3 Å². The van der Waals surface area contributed by atoms with Crippen LogP contribution in [0.15, 0.2) is 132 Å². The molecule has 0 bridgehead atoms. The predicted molar refractivity (Wildman–Crippen MR) is 183 cm³/mol. The molecule has 4 rings (SSSR count). The molecule has 0 fully saturated rings. The first-order valence-corrected chi connectivity index (χ1v) is 16.2. The first-order valence-electron chi connectivity index (χ1n) is 15.3. The van der Waals surface area contributed by atoms with Gasteiger partial charge in [-0.05, 0) is 73.5 Å². The van der Waals surface area contributed by atoms with Crippen LogP contribution in [-0.4, -0.2) is 25.3 Å². The molecule has 0 aliphatic carbocycles. The minimum Gasteiger partial charge on any atom is -0.383 e. The molecule has 2 atom stereocenters. The lowest BCUT2D eigenvalue weighted by Crippen LogP contribution is -2.34. The molecule has 0 aromatic heterocycles. The highest BCUT2D eigenvalue weighted by atomic mass is 32.2. The zero-order chi connectivity index (χ0) is 31.9. The molecule has 4 aromatic carbocycles. The Morgan fingerprint density at radius 1 is 0.622 bits per heavy atom. The molecular weight excluding hydrogens is 575 g/mol. The van der Waals surface area contributed by atoms with Crippen molar-refractivity contribution in [2.75, 3.05) is 5.75 Å². The SMILES string of the molecule is CC(CSOB(OC(C)CC(c1ccccc1)c1ccccc1)OC(C)CC(c1ccccc1)c1ccccc1)=C(C#N)C#N. The maximum atomic E-state index is 9.26. The van der Waals surface area contributed by atoms with Gasteiger partial charge < -0.3 is 13.4 Å². The molecule has 2 unspecified atom stereocenters. The molecule has 0 saturated heterocycles. The summed E-state index contributed by atoms with van der Waals surface area (Å²) in [6.45, 7) is 5.84. The summed E-state index contributed by atoms with van der Waals surface area (Å²) in [5.74, 6) is 0.607.